The van der Waals surface area contributed by atoms with Gasteiger partial charge in [-0.25, -0.2) is 0 Å². The first-order chi connectivity index (χ1) is 11.6. The van der Waals surface area contributed by atoms with E-state index in [0.717, 1.165) is 0 Å². The Bertz CT molecular complexity index is 705. The minimum Gasteiger partial charge on any atom is -0.495 e. The summed E-state index contributed by atoms with van der Waals surface area (Å²) in [4.78, 5) is 12.5. The van der Waals surface area contributed by atoms with E-state index in [-0.39, 0.29) is 5.91 Å². The predicted octanol–water partition coefficient (Wildman–Crippen LogP) is 4.15. The molecule has 0 bridgehead atoms. The number of anilines is 1. The molecule has 0 aliphatic heterocycles. The van der Waals surface area contributed by atoms with Gasteiger partial charge >= 0.3 is 0 Å². The van der Waals surface area contributed by atoms with Gasteiger partial charge in [0.1, 0.15) is 5.75 Å². The van der Waals surface area contributed by atoms with Gasteiger partial charge in [-0.1, -0.05) is 30.7 Å². The third-order valence-corrected chi connectivity index (χ3v) is 3.72. The van der Waals surface area contributed by atoms with Crippen molar-refractivity contribution in [2.24, 2.45) is 0 Å². The molecule has 0 aromatic heterocycles. The Labute approximate surface area is 146 Å². The standard InChI is InChI=1S/C18H20ClNO4/c1-4-14(24-17-8-6-5-7-16(17)23-3)18(21)20-12-9-10-15(22-2)13(19)11-12/h5-11,14H,4H2,1-3H3,(H,20,21). The van der Waals surface area contributed by atoms with Crippen LogP contribution in [0.25, 0.3) is 0 Å². The van der Waals surface area contributed by atoms with E-state index in [9.17, 15) is 4.79 Å². The van der Waals surface area contributed by atoms with Gasteiger partial charge in [-0.2, -0.15) is 0 Å². The van der Waals surface area contributed by atoms with Crippen LogP contribution < -0.4 is 19.5 Å². The number of hydrogen-bond acceptors (Lipinski definition) is 4. The number of hydrogen-bond donors (Lipinski definition) is 1. The van der Waals surface area contributed by atoms with Crippen LogP contribution in [0.1, 0.15) is 13.3 Å². The molecular formula is C18H20ClNO4. The molecule has 5 nitrogen and oxygen atoms in total. The van der Waals surface area contributed by atoms with Gasteiger partial charge < -0.3 is 19.5 Å². The Hall–Kier alpha value is -2.40. The van der Waals surface area contributed by atoms with Crippen molar-refractivity contribution in [2.45, 2.75) is 19.4 Å². The van der Waals surface area contributed by atoms with Gasteiger partial charge in [-0.05, 0) is 36.8 Å². The van der Waals surface area contributed by atoms with Crippen LogP contribution in [-0.2, 0) is 4.79 Å². The van der Waals surface area contributed by atoms with Crippen molar-refractivity contribution in [3.05, 3.63) is 47.5 Å². The van der Waals surface area contributed by atoms with E-state index in [4.69, 9.17) is 25.8 Å². The summed E-state index contributed by atoms with van der Waals surface area (Å²) < 4.78 is 16.1. The molecule has 0 fully saturated rings. The number of rotatable bonds is 7. The zero-order valence-corrected chi connectivity index (χ0v) is 14.6. The third kappa shape index (κ3) is 4.32. The van der Waals surface area contributed by atoms with Crippen LogP contribution in [-0.4, -0.2) is 26.2 Å². The topological polar surface area (TPSA) is 56.8 Å². The van der Waals surface area contributed by atoms with E-state index in [1.807, 2.05) is 19.1 Å². The minimum atomic E-state index is -0.651. The second-order valence-electron chi connectivity index (χ2n) is 5.00. The number of carbonyl (C=O) groups excluding carboxylic acids is 1. The van der Waals surface area contributed by atoms with Gasteiger partial charge in [-0.15, -0.1) is 0 Å². The number of methoxy groups -OCH3 is 2. The first-order valence-electron chi connectivity index (χ1n) is 7.53. The number of benzene rings is 2. The quantitative estimate of drug-likeness (QED) is 0.815. The molecule has 0 saturated heterocycles. The second-order valence-corrected chi connectivity index (χ2v) is 5.41. The molecule has 2 aromatic carbocycles. The summed E-state index contributed by atoms with van der Waals surface area (Å²) in [5.74, 6) is 1.39. The Kier molecular flexibility index (Phi) is 6.32. The maximum absolute atomic E-state index is 12.5. The van der Waals surface area contributed by atoms with Crippen LogP contribution in [0, 0.1) is 0 Å². The molecule has 2 aromatic rings. The van der Waals surface area contributed by atoms with Crippen molar-refractivity contribution in [1.82, 2.24) is 0 Å². The normalized spacial score (nSPS) is 11.5. The predicted molar refractivity (Wildman–Crippen MR) is 94.3 cm³/mol. The number of ether oxygens (including phenoxy) is 3. The van der Waals surface area contributed by atoms with E-state index >= 15 is 0 Å². The lowest BCUT2D eigenvalue weighted by molar-refractivity contribution is -0.122. The lowest BCUT2D eigenvalue weighted by atomic mass is 10.2. The van der Waals surface area contributed by atoms with Crippen molar-refractivity contribution in [2.75, 3.05) is 19.5 Å². The average Bonchev–Trinajstić information content (AvgIpc) is 2.60. The largest absolute Gasteiger partial charge is 0.495 e. The molecular weight excluding hydrogens is 330 g/mol. The Balaban J connectivity index is 2.10. The first kappa shape index (κ1) is 17.9. The molecule has 1 N–H and O–H groups in total. The van der Waals surface area contributed by atoms with Crippen LogP contribution in [0.3, 0.4) is 0 Å². The van der Waals surface area contributed by atoms with Gasteiger partial charge in [0.25, 0.3) is 5.91 Å². The summed E-state index contributed by atoms with van der Waals surface area (Å²) >= 11 is 6.07. The van der Waals surface area contributed by atoms with Crippen LogP contribution in [0.2, 0.25) is 5.02 Å². The smallest absolute Gasteiger partial charge is 0.265 e. The lowest BCUT2D eigenvalue weighted by Gasteiger charge is -2.19. The molecule has 6 heteroatoms. The van der Waals surface area contributed by atoms with Crippen molar-refractivity contribution in [3.63, 3.8) is 0 Å². The van der Waals surface area contributed by atoms with Gasteiger partial charge in [0.15, 0.2) is 17.6 Å². The fourth-order valence-corrected chi connectivity index (χ4v) is 2.42. The van der Waals surface area contributed by atoms with E-state index < -0.39 is 6.10 Å². The van der Waals surface area contributed by atoms with Crippen molar-refractivity contribution in [3.8, 4) is 17.2 Å². The third-order valence-electron chi connectivity index (χ3n) is 3.42. The molecule has 0 aliphatic carbocycles. The zero-order chi connectivity index (χ0) is 17.5. The molecule has 0 spiro atoms. The maximum Gasteiger partial charge on any atom is 0.265 e. The van der Waals surface area contributed by atoms with Gasteiger partial charge in [0.05, 0.1) is 19.2 Å². The highest BCUT2D eigenvalue weighted by Gasteiger charge is 2.20. The number of para-hydroxylation sites is 2. The highest BCUT2D eigenvalue weighted by Crippen LogP contribution is 2.29. The zero-order valence-electron chi connectivity index (χ0n) is 13.8. The highest BCUT2D eigenvalue weighted by atomic mass is 35.5. The number of carbonyl (C=O) groups is 1. The fourth-order valence-electron chi connectivity index (χ4n) is 2.16. The van der Waals surface area contributed by atoms with Gasteiger partial charge in [0, 0.05) is 5.69 Å². The molecule has 1 atom stereocenters. The summed E-state index contributed by atoms with van der Waals surface area (Å²) in [7, 11) is 3.09. The molecule has 1 amide bonds. The van der Waals surface area contributed by atoms with Gasteiger partial charge in [0.2, 0.25) is 0 Å². The first-order valence-corrected chi connectivity index (χ1v) is 7.91. The SMILES string of the molecule is CCC(Oc1ccccc1OC)C(=O)Nc1ccc(OC)c(Cl)c1. The second kappa shape index (κ2) is 8.45. The molecule has 2 rings (SSSR count). The fraction of sp³-hybridized carbons (Fsp3) is 0.278. The monoisotopic (exact) mass is 349 g/mol. The average molecular weight is 350 g/mol. The van der Waals surface area contributed by atoms with Crippen LogP contribution in [0.15, 0.2) is 42.5 Å². The molecule has 0 aliphatic rings. The summed E-state index contributed by atoms with van der Waals surface area (Å²) in [5.41, 5.74) is 0.577. The maximum atomic E-state index is 12.5. The van der Waals surface area contributed by atoms with Crippen LogP contribution >= 0.6 is 11.6 Å². The van der Waals surface area contributed by atoms with Crippen molar-refractivity contribution >= 4 is 23.2 Å². The summed E-state index contributed by atoms with van der Waals surface area (Å²) in [5, 5.41) is 3.22. The van der Waals surface area contributed by atoms with Gasteiger partial charge in [-0.3, -0.25) is 4.79 Å². The highest BCUT2D eigenvalue weighted by molar-refractivity contribution is 6.32. The minimum absolute atomic E-state index is 0.260. The van der Waals surface area contributed by atoms with E-state index in [2.05, 4.69) is 5.32 Å². The summed E-state index contributed by atoms with van der Waals surface area (Å²) in [6.07, 6.45) is -0.143. The van der Waals surface area contributed by atoms with Crippen LogP contribution in [0.4, 0.5) is 5.69 Å². The van der Waals surface area contributed by atoms with E-state index in [1.54, 1.807) is 37.4 Å². The number of nitrogens with one attached hydrogen (secondary N) is 1. The summed E-state index contributed by atoms with van der Waals surface area (Å²) in [6.45, 7) is 1.88. The van der Waals surface area contributed by atoms with Crippen LogP contribution in [0.5, 0.6) is 17.2 Å². The van der Waals surface area contributed by atoms with E-state index in [0.29, 0.717) is 34.4 Å². The molecule has 0 radical (unpaired) electrons. The number of amides is 1. The Morgan fingerprint density at radius 2 is 1.75 bits per heavy atom. The molecule has 0 heterocycles. The number of halogens is 1. The summed E-state index contributed by atoms with van der Waals surface area (Å²) in [6, 6.07) is 12.3. The van der Waals surface area contributed by atoms with E-state index in [1.165, 1.54) is 7.11 Å². The van der Waals surface area contributed by atoms with Crippen molar-refractivity contribution in [1.29, 1.82) is 0 Å². The Morgan fingerprint density at radius 1 is 1.08 bits per heavy atom. The lowest BCUT2D eigenvalue weighted by Crippen LogP contribution is -2.32. The van der Waals surface area contributed by atoms with Crippen molar-refractivity contribution < 1.29 is 19.0 Å². The molecule has 1 unspecified atom stereocenters. The molecule has 24 heavy (non-hydrogen) atoms. The molecule has 0 saturated carbocycles. The Morgan fingerprint density at radius 3 is 2.33 bits per heavy atom. The molecule has 128 valence electrons.